The Morgan fingerprint density at radius 3 is 2.41 bits per heavy atom. The molecule has 0 bridgehead atoms. The largest absolute Gasteiger partial charge is 0.481 e. The first kappa shape index (κ1) is 23.6. The topological polar surface area (TPSA) is 84.5 Å². The molecule has 0 unspecified atom stereocenters. The summed E-state index contributed by atoms with van der Waals surface area (Å²) in [5.41, 5.74) is 2.67. The van der Waals surface area contributed by atoms with Gasteiger partial charge in [-0.25, -0.2) is 8.42 Å². The number of rotatable bonds is 8. The van der Waals surface area contributed by atoms with E-state index in [9.17, 15) is 13.2 Å². The molecule has 3 aromatic carbocycles. The van der Waals surface area contributed by atoms with Gasteiger partial charge in [0.2, 0.25) is 0 Å². The summed E-state index contributed by atoms with van der Waals surface area (Å²) in [6, 6.07) is 18.4. The zero-order valence-corrected chi connectivity index (χ0v) is 19.6. The number of hydrogen-bond acceptors (Lipinski definition) is 4. The van der Waals surface area contributed by atoms with Crippen LogP contribution in [0.2, 0.25) is 5.02 Å². The first-order chi connectivity index (χ1) is 15.2. The summed E-state index contributed by atoms with van der Waals surface area (Å²) in [5, 5.41) is 3.21. The Balaban J connectivity index is 1.69. The van der Waals surface area contributed by atoms with Crippen molar-refractivity contribution in [2.24, 2.45) is 0 Å². The van der Waals surface area contributed by atoms with E-state index < -0.39 is 16.1 Å². The van der Waals surface area contributed by atoms with Gasteiger partial charge in [0.25, 0.3) is 15.9 Å². The van der Waals surface area contributed by atoms with Crippen molar-refractivity contribution in [2.75, 3.05) is 10.0 Å². The van der Waals surface area contributed by atoms with E-state index in [1.165, 1.54) is 24.3 Å². The SMILES string of the molecule is CC[C@@H](Oc1cccc(C)c1)C(=O)Nc1ccc(S(=O)(=O)Nc2cc(Cl)ccc2C)cc1. The van der Waals surface area contributed by atoms with Crippen molar-refractivity contribution in [3.05, 3.63) is 82.9 Å². The highest BCUT2D eigenvalue weighted by molar-refractivity contribution is 7.92. The lowest BCUT2D eigenvalue weighted by atomic mass is 10.2. The number of halogens is 1. The molecule has 3 rings (SSSR count). The highest BCUT2D eigenvalue weighted by atomic mass is 35.5. The predicted octanol–water partition coefficient (Wildman–Crippen LogP) is 5.55. The summed E-state index contributed by atoms with van der Waals surface area (Å²) in [4.78, 5) is 12.7. The van der Waals surface area contributed by atoms with Crippen LogP contribution in [0.25, 0.3) is 0 Å². The number of amides is 1. The number of ether oxygens (including phenoxy) is 1. The van der Waals surface area contributed by atoms with Gasteiger partial charge < -0.3 is 10.1 Å². The molecule has 32 heavy (non-hydrogen) atoms. The second-order valence-electron chi connectivity index (χ2n) is 7.41. The fourth-order valence-corrected chi connectivity index (χ4v) is 4.32. The van der Waals surface area contributed by atoms with E-state index in [4.69, 9.17) is 16.3 Å². The van der Waals surface area contributed by atoms with Crippen LogP contribution in [0.1, 0.15) is 24.5 Å². The van der Waals surface area contributed by atoms with Crippen LogP contribution < -0.4 is 14.8 Å². The Labute approximate surface area is 193 Å². The predicted molar refractivity (Wildman–Crippen MR) is 128 cm³/mol. The second kappa shape index (κ2) is 10.1. The Morgan fingerprint density at radius 1 is 1.03 bits per heavy atom. The van der Waals surface area contributed by atoms with E-state index in [2.05, 4.69) is 10.0 Å². The number of anilines is 2. The molecule has 3 aromatic rings. The molecule has 1 atom stereocenters. The van der Waals surface area contributed by atoms with Crippen molar-refractivity contribution in [1.29, 1.82) is 0 Å². The van der Waals surface area contributed by atoms with Gasteiger partial charge in [0.1, 0.15) is 5.75 Å². The maximum Gasteiger partial charge on any atom is 0.265 e. The van der Waals surface area contributed by atoms with E-state index >= 15 is 0 Å². The van der Waals surface area contributed by atoms with Crippen molar-refractivity contribution >= 4 is 38.9 Å². The van der Waals surface area contributed by atoms with Gasteiger partial charge in [-0.1, -0.05) is 36.7 Å². The second-order valence-corrected chi connectivity index (χ2v) is 9.53. The number of hydrogen-bond donors (Lipinski definition) is 2. The lowest BCUT2D eigenvalue weighted by Gasteiger charge is -2.18. The van der Waals surface area contributed by atoms with Gasteiger partial charge in [-0.05, 0) is 79.9 Å². The molecule has 0 radical (unpaired) electrons. The molecule has 0 spiro atoms. The van der Waals surface area contributed by atoms with Crippen LogP contribution in [0.15, 0.2) is 71.6 Å². The van der Waals surface area contributed by atoms with Gasteiger partial charge in [0, 0.05) is 10.7 Å². The summed E-state index contributed by atoms with van der Waals surface area (Å²) in [7, 11) is -3.81. The Morgan fingerprint density at radius 2 is 1.75 bits per heavy atom. The third kappa shape index (κ3) is 6.02. The molecule has 1 amide bonds. The average molecular weight is 473 g/mol. The summed E-state index contributed by atoms with van der Waals surface area (Å²) in [5.74, 6) is 0.313. The van der Waals surface area contributed by atoms with Gasteiger partial charge >= 0.3 is 0 Å². The van der Waals surface area contributed by atoms with Crippen molar-refractivity contribution < 1.29 is 17.9 Å². The number of aryl methyl sites for hydroxylation is 2. The van der Waals surface area contributed by atoms with Crippen LogP contribution in [-0.4, -0.2) is 20.4 Å². The normalized spacial score (nSPS) is 12.1. The Hall–Kier alpha value is -3.03. The molecule has 168 valence electrons. The first-order valence-electron chi connectivity index (χ1n) is 10.1. The Kier molecular flexibility index (Phi) is 7.43. The third-order valence-corrected chi connectivity index (χ3v) is 6.42. The molecule has 8 heteroatoms. The zero-order chi connectivity index (χ0) is 23.3. The highest BCUT2D eigenvalue weighted by Gasteiger charge is 2.20. The Bertz CT molecular complexity index is 1210. The summed E-state index contributed by atoms with van der Waals surface area (Å²) < 4.78 is 33.8. The lowest BCUT2D eigenvalue weighted by molar-refractivity contribution is -0.122. The zero-order valence-electron chi connectivity index (χ0n) is 18.1. The molecule has 0 fully saturated rings. The van der Waals surface area contributed by atoms with Crippen LogP contribution in [0.4, 0.5) is 11.4 Å². The van der Waals surface area contributed by atoms with Crippen molar-refractivity contribution in [2.45, 2.75) is 38.2 Å². The van der Waals surface area contributed by atoms with Crippen LogP contribution in [0.3, 0.4) is 0 Å². The van der Waals surface area contributed by atoms with E-state index in [-0.39, 0.29) is 10.8 Å². The van der Waals surface area contributed by atoms with Gasteiger partial charge in [0.05, 0.1) is 10.6 Å². The number of benzene rings is 3. The molecule has 0 aliphatic carbocycles. The lowest BCUT2D eigenvalue weighted by Crippen LogP contribution is -2.32. The van der Waals surface area contributed by atoms with Crippen molar-refractivity contribution in [3.8, 4) is 5.75 Å². The van der Waals surface area contributed by atoms with E-state index in [1.54, 1.807) is 31.2 Å². The van der Waals surface area contributed by atoms with Crippen LogP contribution in [0.5, 0.6) is 5.75 Å². The minimum atomic E-state index is -3.81. The maximum absolute atomic E-state index is 12.7. The average Bonchev–Trinajstić information content (AvgIpc) is 2.75. The highest BCUT2D eigenvalue weighted by Crippen LogP contribution is 2.24. The standard InChI is InChI=1S/C24H25ClN2O4S/c1-4-23(31-20-7-5-6-16(2)14-20)24(28)26-19-10-12-21(13-11-19)32(29,30)27-22-15-18(25)9-8-17(22)3/h5-15,23,27H,4H2,1-3H3,(H,26,28)/t23-/m1/s1. The number of carbonyl (C=O) groups is 1. The van der Waals surface area contributed by atoms with Crippen LogP contribution >= 0.6 is 11.6 Å². The van der Waals surface area contributed by atoms with Crippen LogP contribution in [0, 0.1) is 13.8 Å². The van der Waals surface area contributed by atoms with E-state index in [1.807, 2.05) is 32.0 Å². The van der Waals surface area contributed by atoms with Gasteiger partial charge in [-0.15, -0.1) is 0 Å². The molecule has 0 saturated carbocycles. The molecule has 0 heterocycles. The first-order valence-corrected chi connectivity index (χ1v) is 12.0. The third-order valence-electron chi connectivity index (χ3n) is 4.81. The fraction of sp³-hybridized carbons (Fsp3) is 0.208. The fourth-order valence-electron chi connectivity index (χ4n) is 3.02. The molecular weight excluding hydrogens is 448 g/mol. The molecule has 2 N–H and O–H groups in total. The quantitative estimate of drug-likeness (QED) is 0.450. The molecule has 0 aliphatic heterocycles. The van der Waals surface area contributed by atoms with Crippen molar-refractivity contribution in [1.82, 2.24) is 0 Å². The number of sulfonamides is 1. The minimum absolute atomic E-state index is 0.0675. The van der Waals surface area contributed by atoms with E-state index in [0.717, 1.165) is 11.1 Å². The number of carbonyl (C=O) groups excluding carboxylic acids is 1. The van der Waals surface area contributed by atoms with Gasteiger partial charge in [-0.3, -0.25) is 9.52 Å². The van der Waals surface area contributed by atoms with Crippen molar-refractivity contribution in [3.63, 3.8) is 0 Å². The summed E-state index contributed by atoms with van der Waals surface area (Å²) in [6.45, 7) is 5.60. The summed E-state index contributed by atoms with van der Waals surface area (Å²) >= 11 is 5.97. The minimum Gasteiger partial charge on any atom is -0.481 e. The molecule has 0 aliphatic rings. The monoisotopic (exact) mass is 472 g/mol. The van der Waals surface area contributed by atoms with Gasteiger partial charge in [-0.2, -0.15) is 0 Å². The summed E-state index contributed by atoms with van der Waals surface area (Å²) in [6.07, 6.45) is -0.192. The number of nitrogens with one attached hydrogen (secondary N) is 2. The van der Waals surface area contributed by atoms with E-state index in [0.29, 0.717) is 28.6 Å². The maximum atomic E-state index is 12.7. The van der Waals surface area contributed by atoms with Crippen LogP contribution in [-0.2, 0) is 14.8 Å². The van der Waals surface area contributed by atoms with Gasteiger partial charge in [0.15, 0.2) is 6.10 Å². The molecular formula is C24H25ClN2O4S. The smallest absolute Gasteiger partial charge is 0.265 e. The molecule has 0 saturated heterocycles. The molecule has 6 nitrogen and oxygen atoms in total. The molecule has 0 aromatic heterocycles.